The van der Waals surface area contributed by atoms with Crippen LogP contribution in [0.4, 0.5) is 0 Å². The minimum Gasteiger partial charge on any atom is -0.379 e. The quantitative estimate of drug-likeness (QED) is 0.332. The first-order valence-electron chi connectivity index (χ1n) is 8.57. The van der Waals surface area contributed by atoms with Gasteiger partial charge in [0.2, 0.25) is 0 Å². The van der Waals surface area contributed by atoms with Crippen LogP contribution >= 0.6 is 24.0 Å². The molecule has 24 heavy (non-hydrogen) atoms. The number of hydrogen-bond acceptors (Lipinski definition) is 4. The molecule has 0 aliphatic carbocycles. The SMILES string of the molecule is CCNC(=NCC(C)N1CCOCC1)NCCS(=O)C(C)(C)C.I. The van der Waals surface area contributed by atoms with Gasteiger partial charge in [-0.15, -0.1) is 24.0 Å². The Labute approximate surface area is 167 Å². The van der Waals surface area contributed by atoms with Crippen LogP contribution in [0.3, 0.4) is 0 Å². The summed E-state index contributed by atoms with van der Waals surface area (Å²) in [7, 11) is -0.842. The van der Waals surface area contributed by atoms with E-state index >= 15 is 0 Å². The molecule has 1 aliphatic rings. The van der Waals surface area contributed by atoms with Crippen molar-refractivity contribution >= 4 is 40.7 Å². The normalized spacial score (nSPS) is 19.3. The van der Waals surface area contributed by atoms with Gasteiger partial charge < -0.3 is 15.4 Å². The van der Waals surface area contributed by atoms with Gasteiger partial charge in [0.25, 0.3) is 0 Å². The highest BCUT2D eigenvalue weighted by atomic mass is 127. The summed E-state index contributed by atoms with van der Waals surface area (Å²) in [4.78, 5) is 7.07. The monoisotopic (exact) mass is 474 g/mol. The molecular formula is C16H35IN4O2S. The predicted octanol–water partition coefficient (Wildman–Crippen LogP) is 1.43. The molecule has 144 valence electrons. The summed E-state index contributed by atoms with van der Waals surface area (Å²) in [6.45, 7) is 16.1. The Hall–Kier alpha value is 0.0700. The third kappa shape index (κ3) is 9.53. The predicted molar refractivity (Wildman–Crippen MR) is 114 cm³/mol. The topological polar surface area (TPSA) is 66.0 Å². The molecule has 0 amide bonds. The van der Waals surface area contributed by atoms with Gasteiger partial charge in [-0.3, -0.25) is 14.1 Å². The van der Waals surface area contributed by atoms with Crippen molar-refractivity contribution in [3.63, 3.8) is 0 Å². The van der Waals surface area contributed by atoms with Crippen LogP contribution in [-0.4, -0.2) is 77.5 Å². The van der Waals surface area contributed by atoms with Crippen LogP contribution in [0.25, 0.3) is 0 Å². The summed E-state index contributed by atoms with van der Waals surface area (Å²) < 4.78 is 17.3. The summed E-state index contributed by atoms with van der Waals surface area (Å²) >= 11 is 0. The number of nitrogens with zero attached hydrogens (tertiary/aromatic N) is 2. The van der Waals surface area contributed by atoms with Gasteiger partial charge in [-0.1, -0.05) is 0 Å². The first-order valence-corrected chi connectivity index (χ1v) is 9.89. The number of guanidine groups is 1. The minimum absolute atomic E-state index is 0. The molecule has 8 heteroatoms. The average Bonchev–Trinajstić information content (AvgIpc) is 2.52. The van der Waals surface area contributed by atoms with Crippen molar-refractivity contribution in [1.82, 2.24) is 15.5 Å². The summed E-state index contributed by atoms with van der Waals surface area (Å²) in [5.74, 6) is 1.44. The average molecular weight is 474 g/mol. The molecule has 1 heterocycles. The first kappa shape index (κ1) is 24.1. The van der Waals surface area contributed by atoms with E-state index in [1.807, 2.05) is 20.8 Å². The Bertz CT molecular complexity index is 396. The van der Waals surface area contributed by atoms with E-state index in [9.17, 15) is 4.21 Å². The lowest BCUT2D eigenvalue weighted by atomic mass is 10.2. The van der Waals surface area contributed by atoms with E-state index in [0.717, 1.165) is 45.4 Å². The van der Waals surface area contributed by atoms with E-state index < -0.39 is 10.8 Å². The standard InChI is InChI=1S/C16H34N4O2S.HI/c1-6-17-15(18-7-12-23(21)16(3,4)5)19-13-14(2)20-8-10-22-11-9-20;/h14H,6-13H2,1-5H3,(H2,17,18,19);1H. The van der Waals surface area contributed by atoms with E-state index in [2.05, 4.69) is 34.4 Å². The second kappa shape index (κ2) is 12.4. The fourth-order valence-electron chi connectivity index (χ4n) is 2.27. The van der Waals surface area contributed by atoms with Crippen molar-refractivity contribution < 1.29 is 8.95 Å². The van der Waals surface area contributed by atoms with Gasteiger partial charge in [-0.2, -0.15) is 0 Å². The molecule has 2 unspecified atom stereocenters. The number of rotatable bonds is 7. The lowest BCUT2D eigenvalue weighted by Crippen LogP contribution is -2.45. The number of aliphatic imine (C=N–C) groups is 1. The highest BCUT2D eigenvalue weighted by molar-refractivity contribution is 14.0. The van der Waals surface area contributed by atoms with Crippen molar-refractivity contribution in [2.45, 2.75) is 45.4 Å². The van der Waals surface area contributed by atoms with Gasteiger partial charge in [-0.05, 0) is 34.6 Å². The van der Waals surface area contributed by atoms with Crippen molar-refractivity contribution in [3.8, 4) is 0 Å². The highest BCUT2D eigenvalue weighted by Crippen LogP contribution is 2.10. The molecule has 1 saturated heterocycles. The zero-order chi connectivity index (χ0) is 17.3. The van der Waals surface area contributed by atoms with E-state index in [4.69, 9.17) is 4.74 Å². The van der Waals surface area contributed by atoms with Crippen molar-refractivity contribution in [1.29, 1.82) is 0 Å². The van der Waals surface area contributed by atoms with Gasteiger partial charge in [0.1, 0.15) is 0 Å². The van der Waals surface area contributed by atoms with Crippen LogP contribution in [-0.2, 0) is 15.5 Å². The molecule has 2 N–H and O–H groups in total. The zero-order valence-electron chi connectivity index (χ0n) is 15.8. The second-order valence-corrected chi connectivity index (χ2v) is 9.13. The van der Waals surface area contributed by atoms with Crippen LogP contribution in [0.5, 0.6) is 0 Å². The Morgan fingerprint density at radius 1 is 1.29 bits per heavy atom. The Morgan fingerprint density at radius 2 is 1.92 bits per heavy atom. The van der Waals surface area contributed by atoms with Gasteiger partial charge in [0.15, 0.2) is 5.96 Å². The summed E-state index contributed by atoms with van der Waals surface area (Å²) in [5, 5.41) is 6.53. The fourth-order valence-corrected chi connectivity index (χ4v) is 3.17. The molecular weight excluding hydrogens is 439 g/mol. The molecule has 2 atom stereocenters. The maximum Gasteiger partial charge on any atom is 0.191 e. The summed E-state index contributed by atoms with van der Waals surface area (Å²) in [6.07, 6.45) is 0. The molecule has 0 spiro atoms. The third-order valence-corrected chi connectivity index (χ3v) is 5.73. The molecule has 1 fully saturated rings. The molecule has 0 aromatic heterocycles. The van der Waals surface area contributed by atoms with Crippen LogP contribution in [0.15, 0.2) is 4.99 Å². The smallest absolute Gasteiger partial charge is 0.191 e. The number of nitrogens with one attached hydrogen (secondary N) is 2. The lowest BCUT2D eigenvalue weighted by molar-refractivity contribution is 0.0220. The molecule has 1 aliphatic heterocycles. The number of hydrogen-bond donors (Lipinski definition) is 2. The first-order chi connectivity index (χ1) is 10.8. The van der Waals surface area contributed by atoms with Crippen LogP contribution < -0.4 is 10.6 Å². The van der Waals surface area contributed by atoms with Crippen molar-refractivity contribution in [3.05, 3.63) is 0 Å². The van der Waals surface area contributed by atoms with Crippen LogP contribution in [0, 0.1) is 0 Å². The van der Waals surface area contributed by atoms with E-state index in [-0.39, 0.29) is 28.7 Å². The fraction of sp³-hybridized carbons (Fsp3) is 0.938. The minimum atomic E-state index is -0.842. The molecule has 0 bridgehead atoms. The Balaban J connectivity index is 0.00000529. The maximum absolute atomic E-state index is 12.1. The molecule has 0 aromatic rings. The van der Waals surface area contributed by atoms with Gasteiger partial charge in [0, 0.05) is 53.5 Å². The molecule has 0 saturated carbocycles. The molecule has 0 aromatic carbocycles. The summed E-state index contributed by atoms with van der Waals surface area (Å²) in [6, 6.07) is 0.401. The number of halogens is 1. The largest absolute Gasteiger partial charge is 0.379 e. The van der Waals surface area contributed by atoms with E-state index in [1.54, 1.807) is 0 Å². The Morgan fingerprint density at radius 3 is 2.46 bits per heavy atom. The van der Waals surface area contributed by atoms with Gasteiger partial charge >= 0.3 is 0 Å². The third-order valence-electron chi connectivity index (χ3n) is 3.79. The zero-order valence-corrected chi connectivity index (χ0v) is 18.9. The molecule has 6 nitrogen and oxygen atoms in total. The van der Waals surface area contributed by atoms with Crippen molar-refractivity contribution in [2.24, 2.45) is 4.99 Å². The van der Waals surface area contributed by atoms with E-state index in [0.29, 0.717) is 18.3 Å². The molecule has 1 rings (SSSR count). The highest BCUT2D eigenvalue weighted by Gasteiger charge is 2.19. The summed E-state index contributed by atoms with van der Waals surface area (Å²) in [5.41, 5.74) is 0. The molecule has 0 radical (unpaired) electrons. The van der Waals surface area contributed by atoms with Crippen LogP contribution in [0.2, 0.25) is 0 Å². The number of ether oxygens (including phenoxy) is 1. The van der Waals surface area contributed by atoms with Gasteiger partial charge in [0.05, 0.1) is 19.8 Å². The second-order valence-electron chi connectivity index (χ2n) is 6.81. The lowest BCUT2D eigenvalue weighted by Gasteiger charge is -2.31. The number of morpholine rings is 1. The van der Waals surface area contributed by atoms with Gasteiger partial charge in [-0.25, -0.2) is 0 Å². The van der Waals surface area contributed by atoms with Crippen molar-refractivity contribution in [2.75, 3.05) is 51.7 Å². The Kier molecular flexibility index (Phi) is 12.5. The van der Waals surface area contributed by atoms with E-state index in [1.165, 1.54) is 0 Å². The maximum atomic E-state index is 12.1. The van der Waals surface area contributed by atoms with Crippen LogP contribution in [0.1, 0.15) is 34.6 Å².